The number of ether oxygens (including phenoxy) is 1. The Bertz CT molecular complexity index is 515. The van der Waals surface area contributed by atoms with Gasteiger partial charge in [0.25, 0.3) is 5.91 Å². The number of carbonyl (C=O) groups excluding carboxylic acids is 2. The van der Waals surface area contributed by atoms with E-state index in [1.807, 2.05) is 0 Å². The van der Waals surface area contributed by atoms with Crippen LogP contribution in [-0.2, 0) is 14.3 Å². The average molecular weight is 300 g/mol. The fraction of sp³-hybridized carbons (Fsp3) is 0.429. The summed E-state index contributed by atoms with van der Waals surface area (Å²) < 4.78 is 18.3. The molecule has 0 bridgehead atoms. The van der Waals surface area contributed by atoms with Crippen LogP contribution in [0.5, 0.6) is 0 Å². The second-order valence-corrected chi connectivity index (χ2v) is 5.20. The number of hydrogen-bond donors (Lipinski definition) is 1. The number of anilines is 1. The molecule has 1 aromatic rings. The highest BCUT2D eigenvalue weighted by molar-refractivity contribution is 6.30. The van der Waals surface area contributed by atoms with Gasteiger partial charge in [0.05, 0.1) is 11.6 Å². The van der Waals surface area contributed by atoms with E-state index in [2.05, 4.69) is 5.32 Å². The summed E-state index contributed by atoms with van der Waals surface area (Å²) in [5, 5.41) is 2.63. The molecule has 1 aliphatic rings. The number of nitrogens with one attached hydrogen (secondary N) is 1. The lowest BCUT2D eigenvalue weighted by atomic mass is 10.1. The summed E-state index contributed by atoms with van der Waals surface area (Å²) in [6, 6.07) is 3.84. The van der Waals surface area contributed by atoms with Gasteiger partial charge in [0.1, 0.15) is 5.82 Å². The molecular formula is C14H15ClFNO3. The normalized spacial score (nSPS) is 15.1. The van der Waals surface area contributed by atoms with Gasteiger partial charge in [-0.1, -0.05) is 24.4 Å². The molecule has 20 heavy (non-hydrogen) atoms. The van der Waals surface area contributed by atoms with Crippen molar-refractivity contribution in [1.29, 1.82) is 0 Å². The lowest BCUT2D eigenvalue weighted by Gasteiger charge is -2.10. The Balaban J connectivity index is 1.83. The first-order valence-electron chi connectivity index (χ1n) is 6.48. The molecule has 0 saturated heterocycles. The van der Waals surface area contributed by atoms with Gasteiger partial charge in [0.15, 0.2) is 6.61 Å². The molecule has 2 rings (SSSR count). The van der Waals surface area contributed by atoms with Crippen LogP contribution in [0.1, 0.15) is 25.7 Å². The van der Waals surface area contributed by atoms with E-state index in [1.54, 1.807) is 0 Å². The summed E-state index contributed by atoms with van der Waals surface area (Å²) in [4.78, 5) is 23.2. The number of benzene rings is 1. The Labute approximate surface area is 121 Å². The molecule has 1 fully saturated rings. The van der Waals surface area contributed by atoms with Crippen molar-refractivity contribution in [3.8, 4) is 0 Å². The zero-order chi connectivity index (χ0) is 14.5. The van der Waals surface area contributed by atoms with Crippen molar-refractivity contribution in [3.63, 3.8) is 0 Å². The SMILES string of the molecule is O=C(COC(=O)C1CCCC1)Nc1cc(Cl)ccc1F. The van der Waals surface area contributed by atoms with Gasteiger partial charge in [0.2, 0.25) is 0 Å². The van der Waals surface area contributed by atoms with Crippen molar-refractivity contribution in [2.75, 3.05) is 11.9 Å². The molecule has 1 aromatic carbocycles. The van der Waals surface area contributed by atoms with Crippen LogP contribution in [-0.4, -0.2) is 18.5 Å². The Morgan fingerprint density at radius 2 is 2.05 bits per heavy atom. The zero-order valence-corrected chi connectivity index (χ0v) is 11.6. The van der Waals surface area contributed by atoms with Crippen LogP contribution < -0.4 is 5.32 Å². The van der Waals surface area contributed by atoms with Gasteiger partial charge < -0.3 is 10.1 Å². The predicted octanol–water partition coefficient (Wildman–Crippen LogP) is 3.15. The average Bonchev–Trinajstić information content (AvgIpc) is 2.94. The van der Waals surface area contributed by atoms with E-state index in [0.717, 1.165) is 31.7 Å². The molecule has 1 N–H and O–H groups in total. The minimum absolute atomic E-state index is 0.0283. The molecule has 6 heteroatoms. The van der Waals surface area contributed by atoms with Gasteiger partial charge in [-0.15, -0.1) is 0 Å². The molecule has 1 aliphatic carbocycles. The van der Waals surface area contributed by atoms with Crippen LogP contribution in [0.4, 0.5) is 10.1 Å². The van der Waals surface area contributed by atoms with Crippen molar-refractivity contribution in [1.82, 2.24) is 0 Å². The molecule has 0 radical (unpaired) electrons. The summed E-state index contributed by atoms with van der Waals surface area (Å²) >= 11 is 5.71. The molecule has 0 spiro atoms. The molecule has 0 aromatic heterocycles. The third-order valence-corrected chi connectivity index (χ3v) is 3.47. The number of amides is 1. The summed E-state index contributed by atoms with van der Waals surface area (Å²) in [5.74, 6) is -1.64. The molecular weight excluding hydrogens is 285 g/mol. The first-order valence-corrected chi connectivity index (χ1v) is 6.85. The molecule has 0 unspecified atom stereocenters. The van der Waals surface area contributed by atoms with Gasteiger partial charge in [-0.2, -0.15) is 0 Å². The van der Waals surface area contributed by atoms with Crippen molar-refractivity contribution in [3.05, 3.63) is 29.0 Å². The zero-order valence-electron chi connectivity index (χ0n) is 10.8. The van der Waals surface area contributed by atoms with Gasteiger partial charge in [-0.05, 0) is 31.0 Å². The maximum atomic E-state index is 13.4. The van der Waals surface area contributed by atoms with E-state index in [1.165, 1.54) is 12.1 Å². The smallest absolute Gasteiger partial charge is 0.309 e. The van der Waals surface area contributed by atoms with E-state index < -0.39 is 18.3 Å². The molecule has 108 valence electrons. The van der Waals surface area contributed by atoms with Crippen LogP contribution in [0.3, 0.4) is 0 Å². The topological polar surface area (TPSA) is 55.4 Å². The van der Waals surface area contributed by atoms with Crippen LogP contribution in [0.2, 0.25) is 5.02 Å². The first kappa shape index (κ1) is 14.8. The third-order valence-electron chi connectivity index (χ3n) is 3.24. The maximum absolute atomic E-state index is 13.4. The van der Waals surface area contributed by atoms with Gasteiger partial charge in [0, 0.05) is 5.02 Å². The standard InChI is InChI=1S/C14H15ClFNO3/c15-10-5-6-11(16)12(7-10)17-13(18)8-20-14(19)9-3-1-2-4-9/h5-7,9H,1-4,8H2,(H,17,18). The second kappa shape index (κ2) is 6.70. The maximum Gasteiger partial charge on any atom is 0.309 e. The fourth-order valence-corrected chi connectivity index (χ4v) is 2.37. The van der Waals surface area contributed by atoms with Gasteiger partial charge >= 0.3 is 5.97 Å². The van der Waals surface area contributed by atoms with Crippen molar-refractivity contribution < 1.29 is 18.7 Å². The molecule has 1 saturated carbocycles. The summed E-state index contributed by atoms with van der Waals surface area (Å²) in [6.45, 7) is -0.415. The monoisotopic (exact) mass is 299 g/mol. The number of hydrogen-bond acceptors (Lipinski definition) is 3. The van der Waals surface area contributed by atoms with Crippen molar-refractivity contribution in [2.24, 2.45) is 5.92 Å². The number of halogens is 2. The lowest BCUT2D eigenvalue weighted by Crippen LogP contribution is -2.24. The second-order valence-electron chi connectivity index (χ2n) is 4.76. The van der Waals surface area contributed by atoms with Crippen molar-refractivity contribution in [2.45, 2.75) is 25.7 Å². The Morgan fingerprint density at radius 3 is 2.75 bits per heavy atom. The number of rotatable bonds is 4. The number of esters is 1. The van der Waals surface area contributed by atoms with Crippen LogP contribution in [0.25, 0.3) is 0 Å². The van der Waals surface area contributed by atoms with E-state index >= 15 is 0 Å². The highest BCUT2D eigenvalue weighted by Gasteiger charge is 2.24. The quantitative estimate of drug-likeness (QED) is 0.869. The lowest BCUT2D eigenvalue weighted by molar-refractivity contribution is -0.151. The minimum atomic E-state index is -0.593. The van der Waals surface area contributed by atoms with E-state index in [0.29, 0.717) is 5.02 Å². The summed E-state index contributed by atoms with van der Waals surface area (Å²) in [5.41, 5.74) is -0.0283. The highest BCUT2D eigenvalue weighted by Crippen LogP contribution is 2.25. The number of carbonyl (C=O) groups is 2. The van der Waals surface area contributed by atoms with Gasteiger partial charge in [-0.25, -0.2) is 4.39 Å². The van der Waals surface area contributed by atoms with E-state index in [4.69, 9.17) is 16.3 Å². The molecule has 0 atom stereocenters. The Morgan fingerprint density at radius 1 is 1.35 bits per heavy atom. The highest BCUT2D eigenvalue weighted by atomic mass is 35.5. The summed E-state index contributed by atoms with van der Waals surface area (Å²) in [7, 11) is 0. The van der Waals surface area contributed by atoms with Crippen LogP contribution in [0.15, 0.2) is 18.2 Å². The fourth-order valence-electron chi connectivity index (χ4n) is 2.20. The molecule has 0 heterocycles. The predicted molar refractivity (Wildman–Crippen MR) is 73.0 cm³/mol. The Kier molecular flexibility index (Phi) is 4.95. The molecule has 0 aliphatic heterocycles. The first-order chi connectivity index (χ1) is 9.56. The Hall–Kier alpha value is -1.62. The minimum Gasteiger partial charge on any atom is -0.455 e. The van der Waals surface area contributed by atoms with Crippen LogP contribution in [0, 0.1) is 11.7 Å². The van der Waals surface area contributed by atoms with E-state index in [9.17, 15) is 14.0 Å². The van der Waals surface area contributed by atoms with Gasteiger partial charge in [-0.3, -0.25) is 9.59 Å². The largest absolute Gasteiger partial charge is 0.455 e. The molecule has 1 amide bonds. The van der Waals surface area contributed by atoms with E-state index in [-0.39, 0.29) is 17.6 Å². The molecule has 4 nitrogen and oxygen atoms in total. The third kappa shape index (κ3) is 3.93. The summed E-state index contributed by atoms with van der Waals surface area (Å²) in [6.07, 6.45) is 3.64. The van der Waals surface area contributed by atoms with Crippen molar-refractivity contribution >= 4 is 29.2 Å². The van der Waals surface area contributed by atoms with Crippen LogP contribution >= 0.6 is 11.6 Å².